The quantitative estimate of drug-likeness (QED) is 0.629. The van der Waals surface area contributed by atoms with Crippen LogP contribution in [0.15, 0.2) is 65.8 Å². The minimum Gasteiger partial charge on any atom is -0.354 e. The number of nitrogens with zero attached hydrogens (tertiary/aromatic N) is 4. The average Bonchev–Trinajstić information content (AvgIpc) is 2.80. The molecule has 0 bridgehead atoms. The second-order valence-corrected chi connectivity index (χ2v) is 9.45. The number of sulfonamides is 1. The smallest absolute Gasteiger partial charge is 0.243 e. The van der Waals surface area contributed by atoms with Crippen LogP contribution >= 0.6 is 0 Å². The third-order valence-electron chi connectivity index (χ3n) is 5.53. The Hall–Kier alpha value is -2.77. The number of benzene rings is 2. The maximum atomic E-state index is 13.0. The normalized spacial score (nSPS) is 15.3. The summed E-state index contributed by atoms with van der Waals surface area (Å²) in [5.41, 5.74) is 4.24. The molecule has 2 aromatic carbocycles. The molecule has 1 saturated heterocycles. The Kier molecular flexibility index (Phi) is 5.83. The van der Waals surface area contributed by atoms with Crippen molar-refractivity contribution in [2.45, 2.75) is 25.2 Å². The van der Waals surface area contributed by atoms with E-state index in [1.54, 1.807) is 22.8 Å². The van der Waals surface area contributed by atoms with Gasteiger partial charge in [-0.2, -0.15) is 4.31 Å². The average molecular weight is 423 g/mol. The maximum Gasteiger partial charge on any atom is 0.243 e. The highest BCUT2D eigenvalue weighted by molar-refractivity contribution is 7.89. The Labute approximate surface area is 178 Å². The van der Waals surface area contributed by atoms with Crippen LogP contribution in [0.4, 0.5) is 5.82 Å². The number of rotatable bonds is 5. The summed E-state index contributed by atoms with van der Waals surface area (Å²) in [6.07, 6.45) is 2.46. The van der Waals surface area contributed by atoms with Gasteiger partial charge in [0.25, 0.3) is 0 Å². The molecule has 0 unspecified atom stereocenters. The lowest BCUT2D eigenvalue weighted by atomic mass is 10.1. The van der Waals surface area contributed by atoms with Gasteiger partial charge < -0.3 is 4.90 Å². The van der Waals surface area contributed by atoms with E-state index in [1.807, 2.05) is 18.2 Å². The van der Waals surface area contributed by atoms with E-state index in [4.69, 9.17) is 0 Å². The van der Waals surface area contributed by atoms with Gasteiger partial charge in [0.05, 0.1) is 10.6 Å². The van der Waals surface area contributed by atoms with Crippen LogP contribution in [-0.2, 0) is 16.4 Å². The number of hydrogen-bond acceptors (Lipinski definition) is 5. The molecule has 4 rings (SSSR count). The molecule has 2 heterocycles. The van der Waals surface area contributed by atoms with Crippen LogP contribution in [0, 0.1) is 6.92 Å². The minimum atomic E-state index is -3.47. The zero-order valence-corrected chi connectivity index (χ0v) is 18.1. The van der Waals surface area contributed by atoms with Crippen molar-refractivity contribution in [2.24, 2.45) is 0 Å². The summed E-state index contributed by atoms with van der Waals surface area (Å²) in [7, 11) is -3.47. The van der Waals surface area contributed by atoms with Crippen LogP contribution in [0.1, 0.15) is 18.1 Å². The van der Waals surface area contributed by atoms with Crippen LogP contribution in [0.2, 0.25) is 0 Å². The van der Waals surface area contributed by atoms with Gasteiger partial charge in [0.1, 0.15) is 12.1 Å². The molecule has 0 spiro atoms. The van der Waals surface area contributed by atoms with E-state index in [1.165, 1.54) is 5.56 Å². The molecule has 0 radical (unpaired) electrons. The zero-order valence-electron chi connectivity index (χ0n) is 17.3. The first-order chi connectivity index (χ1) is 14.5. The summed E-state index contributed by atoms with van der Waals surface area (Å²) < 4.78 is 27.5. The Morgan fingerprint density at radius 2 is 1.57 bits per heavy atom. The largest absolute Gasteiger partial charge is 0.354 e. The van der Waals surface area contributed by atoms with E-state index in [0.29, 0.717) is 31.1 Å². The highest BCUT2D eigenvalue weighted by atomic mass is 32.2. The maximum absolute atomic E-state index is 13.0. The van der Waals surface area contributed by atoms with E-state index in [-0.39, 0.29) is 0 Å². The molecule has 156 valence electrons. The van der Waals surface area contributed by atoms with Crippen LogP contribution in [-0.4, -0.2) is 48.9 Å². The third-order valence-corrected chi connectivity index (χ3v) is 7.44. The van der Waals surface area contributed by atoms with Gasteiger partial charge in [-0.1, -0.05) is 48.9 Å². The first kappa shape index (κ1) is 20.5. The van der Waals surface area contributed by atoms with Crippen molar-refractivity contribution >= 4 is 15.8 Å². The summed E-state index contributed by atoms with van der Waals surface area (Å²) in [5.74, 6) is 0.824. The van der Waals surface area contributed by atoms with E-state index < -0.39 is 10.0 Å². The van der Waals surface area contributed by atoms with Crippen molar-refractivity contribution in [3.8, 4) is 11.3 Å². The molecular formula is C23H26N4O2S. The van der Waals surface area contributed by atoms with Gasteiger partial charge in [-0.25, -0.2) is 18.4 Å². The number of aryl methyl sites for hydroxylation is 2. The fourth-order valence-electron chi connectivity index (χ4n) is 3.61. The van der Waals surface area contributed by atoms with Gasteiger partial charge in [0.15, 0.2) is 0 Å². The van der Waals surface area contributed by atoms with Gasteiger partial charge in [0, 0.05) is 37.8 Å². The van der Waals surface area contributed by atoms with E-state index in [9.17, 15) is 8.42 Å². The van der Waals surface area contributed by atoms with Crippen molar-refractivity contribution in [2.75, 3.05) is 31.1 Å². The van der Waals surface area contributed by atoms with Gasteiger partial charge in [-0.05, 0) is 31.0 Å². The highest BCUT2D eigenvalue weighted by Crippen LogP contribution is 2.24. The van der Waals surface area contributed by atoms with Gasteiger partial charge >= 0.3 is 0 Å². The minimum absolute atomic E-state index is 0.358. The Balaban J connectivity index is 1.46. The molecule has 6 nitrogen and oxygen atoms in total. The third kappa shape index (κ3) is 4.22. The molecule has 0 aliphatic carbocycles. The number of piperazine rings is 1. The summed E-state index contributed by atoms with van der Waals surface area (Å²) in [4.78, 5) is 11.3. The standard InChI is InChI=1S/C23H26N4O2S/c1-3-19-6-10-21(11-7-19)30(28,29)27-14-12-26(13-15-27)23-16-22(24-17-25-23)20-8-4-18(2)5-9-20/h4-11,16-17H,3,12-15H2,1-2H3. The number of aromatic nitrogens is 2. The molecule has 0 amide bonds. The molecule has 1 aliphatic heterocycles. The molecule has 1 fully saturated rings. The van der Waals surface area contributed by atoms with Crippen molar-refractivity contribution in [1.29, 1.82) is 0 Å². The van der Waals surface area contributed by atoms with Crippen molar-refractivity contribution in [3.05, 3.63) is 72.1 Å². The fraction of sp³-hybridized carbons (Fsp3) is 0.304. The topological polar surface area (TPSA) is 66.4 Å². The van der Waals surface area contributed by atoms with Gasteiger partial charge in [-0.15, -0.1) is 0 Å². The Morgan fingerprint density at radius 1 is 0.900 bits per heavy atom. The first-order valence-electron chi connectivity index (χ1n) is 10.2. The molecular weight excluding hydrogens is 396 g/mol. The number of hydrogen-bond donors (Lipinski definition) is 0. The van der Waals surface area contributed by atoms with E-state index in [2.05, 4.69) is 53.0 Å². The van der Waals surface area contributed by atoms with Crippen LogP contribution < -0.4 is 4.90 Å². The number of anilines is 1. The fourth-order valence-corrected chi connectivity index (χ4v) is 5.03. The summed E-state index contributed by atoms with van der Waals surface area (Å²) >= 11 is 0. The lowest BCUT2D eigenvalue weighted by Crippen LogP contribution is -2.48. The van der Waals surface area contributed by atoms with Crippen LogP contribution in [0.3, 0.4) is 0 Å². The van der Waals surface area contributed by atoms with E-state index >= 15 is 0 Å². The molecule has 0 N–H and O–H groups in total. The van der Waals surface area contributed by atoms with E-state index in [0.717, 1.165) is 29.1 Å². The predicted octanol–water partition coefficient (Wildman–Crippen LogP) is 3.53. The monoisotopic (exact) mass is 422 g/mol. The molecule has 7 heteroatoms. The molecule has 0 atom stereocenters. The first-order valence-corrected chi connectivity index (χ1v) is 11.6. The SMILES string of the molecule is CCc1ccc(S(=O)(=O)N2CCN(c3cc(-c4ccc(C)cc4)ncn3)CC2)cc1. The molecule has 1 aliphatic rings. The van der Waals surface area contributed by atoms with Crippen LogP contribution in [0.5, 0.6) is 0 Å². The summed E-state index contributed by atoms with van der Waals surface area (Å²) in [6.45, 7) is 6.16. The molecule has 0 saturated carbocycles. The summed E-state index contributed by atoms with van der Waals surface area (Å²) in [6, 6.07) is 17.4. The van der Waals surface area contributed by atoms with Crippen molar-refractivity contribution < 1.29 is 8.42 Å². The van der Waals surface area contributed by atoms with Gasteiger partial charge in [0.2, 0.25) is 10.0 Å². The lowest BCUT2D eigenvalue weighted by Gasteiger charge is -2.34. The lowest BCUT2D eigenvalue weighted by molar-refractivity contribution is 0.384. The molecule has 3 aromatic rings. The Bertz CT molecular complexity index is 1100. The second kappa shape index (κ2) is 8.53. The Morgan fingerprint density at radius 3 is 2.20 bits per heavy atom. The van der Waals surface area contributed by atoms with Crippen LogP contribution in [0.25, 0.3) is 11.3 Å². The van der Waals surface area contributed by atoms with Crippen molar-refractivity contribution in [3.63, 3.8) is 0 Å². The molecule has 1 aromatic heterocycles. The zero-order chi connectivity index (χ0) is 21.1. The van der Waals surface area contributed by atoms with Gasteiger partial charge in [-0.3, -0.25) is 0 Å². The van der Waals surface area contributed by atoms with Crippen molar-refractivity contribution in [1.82, 2.24) is 14.3 Å². The highest BCUT2D eigenvalue weighted by Gasteiger charge is 2.29. The summed E-state index contributed by atoms with van der Waals surface area (Å²) in [5, 5.41) is 0. The second-order valence-electron chi connectivity index (χ2n) is 7.52. The predicted molar refractivity (Wildman–Crippen MR) is 119 cm³/mol. The molecule has 30 heavy (non-hydrogen) atoms.